The van der Waals surface area contributed by atoms with Crippen molar-refractivity contribution in [2.75, 3.05) is 6.61 Å². The molecule has 1 amide bonds. The van der Waals surface area contributed by atoms with Crippen molar-refractivity contribution in [3.63, 3.8) is 0 Å². The summed E-state index contributed by atoms with van der Waals surface area (Å²) in [5.41, 5.74) is 2.94. The highest BCUT2D eigenvalue weighted by molar-refractivity contribution is 5.82. The van der Waals surface area contributed by atoms with E-state index in [0.717, 1.165) is 16.9 Å². The molecule has 0 spiro atoms. The lowest BCUT2D eigenvalue weighted by molar-refractivity contribution is -0.131. The maximum absolute atomic E-state index is 12.6. The molecule has 1 aliphatic rings. The number of amides is 1. The summed E-state index contributed by atoms with van der Waals surface area (Å²) < 4.78 is 13.3. The zero-order valence-corrected chi connectivity index (χ0v) is 15.3. The minimum Gasteiger partial charge on any atom is -0.485 e. The van der Waals surface area contributed by atoms with Crippen molar-refractivity contribution in [2.45, 2.75) is 26.0 Å². The van der Waals surface area contributed by atoms with E-state index in [4.69, 9.17) is 9.47 Å². The molecule has 2 unspecified atom stereocenters. The first-order chi connectivity index (χ1) is 13.1. The quantitative estimate of drug-likeness (QED) is 0.773. The first-order valence-corrected chi connectivity index (χ1v) is 8.92. The van der Waals surface area contributed by atoms with Gasteiger partial charge in [-0.15, -0.1) is 0 Å². The number of nitrogens with zero attached hydrogens (tertiary/aromatic N) is 2. The Morgan fingerprint density at radius 3 is 2.63 bits per heavy atom. The maximum Gasteiger partial charge on any atom is 0.265 e. The zero-order chi connectivity index (χ0) is 18.8. The molecule has 1 aromatic heterocycles. The Bertz CT molecular complexity index is 952. The summed E-state index contributed by atoms with van der Waals surface area (Å²) in [6.45, 7) is 4.13. The Kier molecular flexibility index (Phi) is 4.54. The van der Waals surface area contributed by atoms with Crippen molar-refractivity contribution >= 4 is 5.91 Å². The molecule has 2 heterocycles. The third-order valence-electron chi connectivity index (χ3n) is 4.67. The van der Waals surface area contributed by atoms with Crippen LogP contribution in [0.1, 0.15) is 24.2 Å². The molecule has 0 saturated heterocycles. The summed E-state index contributed by atoms with van der Waals surface area (Å²) in [4.78, 5) is 12.6. The average molecular weight is 363 g/mol. The Labute approximate surface area is 157 Å². The van der Waals surface area contributed by atoms with Gasteiger partial charge in [0.1, 0.15) is 6.61 Å². The van der Waals surface area contributed by atoms with Gasteiger partial charge in [-0.05, 0) is 38.1 Å². The number of hydrogen-bond donors (Lipinski definition) is 1. The van der Waals surface area contributed by atoms with E-state index in [2.05, 4.69) is 10.4 Å². The highest BCUT2D eigenvalue weighted by Crippen LogP contribution is 2.31. The van der Waals surface area contributed by atoms with E-state index < -0.39 is 6.10 Å². The molecule has 4 rings (SSSR count). The lowest BCUT2D eigenvalue weighted by atomic mass is 10.1. The minimum absolute atomic E-state index is 0.192. The molecular formula is C21H21N3O3. The fourth-order valence-electron chi connectivity index (χ4n) is 3.21. The molecule has 138 valence electrons. The molecule has 3 aromatic rings. The molecule has 0 radical (unpaired) electrons. The second-order valence-electron chi connectivity index (χ2n) is 6.53. The van der Waals surface area contributed by atoms with Gasteiger partial charge in [0.2, 0.25) is 6.10 Å². The van der Waals surface area contributed by atoms with Crippen molar-refractivity contribution in [3.05, 3.63) is 72.1 Å². The smallest absolute Gasteiger partial charge is 0.265 e. The molecule has 1 aliphatic heterocycles. The van der Waals surface area contributed by atoms with Crippen molar-refractivity contribution in [1.82, 2.24) is 15.1 Å². The van der Waals surface area contributed by atoms with Crippen molar-refractivity contribution < 1.29 is 14.3 Å². The molecule has 6 nitrogen and oxygen atoms in total. The molecular weight excluding hydrogens is 342 g/mol. The van der Waals surface area contributed by atoms with Gasteiger partial charge in [0.25, 0.3) is 5.91 Å². The van der Waals surface area contributed by atoms with Crippen LogP contribution in [0.15, 0.2) is 60.8 Å². The molecule has 0 saturated carbocycles. The number of para-hydroxylation sites is 3. The highest BCUT2D eigenvalue weighted by Gasteiger charge is 2.29. The minimum atomic E-state index is -0.674. The van der Waals surface area contributed by atoms with Gasteiger partial charge in [-0.25, -0.2) is 4.68 Å². The number of aromatic nitrogens is 2. The molecule has 2 atom stereocenters. The zero-order valence-electron chi connectivity index (χ0n) is 15.3. The molecule has 27 heavy (non-hydrogen) atoms. The number of hydrogen-bond acceptors (Lipinski definition) is 4. The van der Waals surface area contributed by atoms with Crippen molar-refractivity contribution in [3.8, 4) is 17.2 Å². The van der Waals surface area contributed by atoms with Crippen LogP contribution in [0.2, 0.25) is 0 Å². The summed E-state index contributed by atoms with van der Waals surface area (Å²) in [6.07, 6.45) is 1.12. The fraction of sp³-hybridized carbons (Fsp3) is 0.238. The Morgan fingerprint density at radius 1 is 1.15 bits per heavy atom. The Hall–Kier alpha value is -3.28. The third kappa shape index (κ3) is 3.38. The van der Waals surface area contributed by atoms with Crippen LogP contribution in [0.25, 0.3) is 5.69 Å². The standard InChI is InChI=1S/C21H21N3O3/c1-14(17-12-22-24(15(17)2)16-8-4-3-5-9-16)23-21(25)20-13-26-18-10-6-7-11-19(18)27-20/h3-12,14,20H,13H2,1-2H3,(H,23,25). The van der Waals surface area contributed by atoms with Crippen LogP contribution in [-0.2, 0) is 4.79 Å². The predicted molar refractivity (Wildman–Crippen MR) is 101 cm³/mol. The van der Waals surface area contributed by atoms with E-state index in [9.17, 15) is 4.79 Å². The van der Waals surface area contributed by atoms with E-state index in [-0.39, 0.29) is 18.6 Å². The molecule has 0 fully saturated rings. The maximum atomic E-state index is 12.6. The largest absolute Gasteiger partial charge is 0.485 e. The van der Waals surface area contributed by atoms with E-state index in [1.165, 1.54) is 0 Å². The van der Waals surface area contributed by atoms with Gasteiger partial charge in [0.15, 0.2) is 11.5 Å². The molecule has 0 aliphatic carbocycles. The monoisotopic (exact) mass is 363 g/mol. The predicted octanol–water partition coefficient (Wildman–Crippen LogP) is 3.20. The van der Waals surface area contributed by atoms with Crippen LogP contribution in [0.3, 0.4) is 0 Å². The first-order valence-electron chi connectivity index (χ1n) is 8.92. The van der Waals surface area contributed by atoms with E-state index >= 15 is 0 Å². The van der Waals surface area contributed by atoms with Crippen LogP contribution in [0.5, 0.6) is 11.5 Å². The first kappa shape index (κ1) is 17.1. The Balaban J connectivity index is 1.46. The average Bonchev–Trinajstić information content (AvgIpc) is 3.09. The number of benzene rings is 2. The van der Waals surface area contributed by atoms with Gasteiger partial charge in [0, 0.05) is 11.3 Å². The van der Waals surface area contributed by atoms with Gasteiger partial charge in [0.05, 0.1) is 17.9 Å². The number of ether oxygens (including phenoxy) is 2. The summed E-state index contributed by atoms with van der Waals surface area (Å²) in [5, 5.41) is 7.47. The summed E-state index contributed by atoms with van der Waals surface area (Å²) in [6, 6.07) is 17.1. The summed E-state index contributed by atoms with van der Waals surface area (Å²) >= 11 is 0. The lowest BCUT2D eigenvalue weighted by Crippen LogP contribution is -2.44. The van der Waals surface area contributed by atoms with E-state index in [1.54, 1.807) is 12.3 Å². The van der Waals surface area contributed by atoms with Crippen LogP contribution in [0.4, 0.5) is 0 Å². The second-order valence-corrected chi connectivity index (χ2v) is 6.53. The van der Waals surface area contributed by atoms with Gasteiger partial charge in [-0.2, -0.15) is 5.10 Å². The van der Waals surface area contributed by atoms with Gasteiger partial charge >= 0.3 is 0 Å². The van der Waals surface area contributed by atoms with Gasteiger partial charge in [-0.3, -0.25) is 4.79 Å². The number of carbonyl (C=O) groups is 1. The summed E-state index contributed by atoms with van der Waals surface area (Å²) in [7, 11) is 0. The number of carbonyl (C=O) groups excluding carboxylic acids is 1. The van der Waals surface area contributed by atoms with Crippen molar-refractivity contribution in [1.29, 1.82) is 0 Å². The van der Waals surface area contributed by atoms with Crippen LogP contribution >= 0.6 is 0 Å². The summed E-state index contributed by atoms with van der Waals surface area (Å²) in [5.74, 6) is 1.04. The number of rotatable bonds is 4. The van der Waals surface area contributed by atoms with Gasteiger partial charge in [-0.1, -0.05) is 30.3 Å². The molecule has 2 aromatic carbocycles. The van der Waals surface area contributed by atoms with Crippen molar-refractivity contribution in [2.24, 2.45) is 0 Å². The number of fused-ring (bicyclic) bond motifs is 1. The van der Waals surface area contributed by atoms with Gasteiger partial charge < -0.3 is 14.8 Å². The molecule has 6 heteroatoms. The third-order valence-corrected chi connectivity index (χ3v) is 4.67. The van der Waals surface area contributed by atoms with E-state index in [1.807, 2.05) is 67.1 Å². The SMILES string of the molecule is Cc1c(C(C)NC(=O)C2COc3ccccc3O2)cnn1-c1ccccc1. The topological polar surface area (TPSA) is 65.4 Å². The lowest BCUT2D eigenvalue weighted by Gasteiger charge is -2.26. The molecule has 0 bridgehead atoms. The van der Waals surface area contributed by atoms with Crippen LogP contribution in [0, 0.1) is 6.92 Å². The second kappa shape index (κ2) is 7.15. The Morgan fingerprint density at radius 2 is 1.85 bits per heavy atom. The normalized spacial score (nSPS) is 16.6. The van der Waals surface area contributed by atoms with E-state index in [0.29, 0.717) is 11.5 Å². The molecule has 1 N–H and O–H groups in total. The fourth-order valence-corrected chi connectivity index (χ4v) is 3.21. The van der Waals surface area contributed by atoms with Crippen LogP contribution in [-0.4, -0.2) is 28.4 Å². The highest BCUT2D eigenvalue weighted by atomic mass is 16.6. The van der Waals surface area contributed by atoms with Crippen LogP contribution < -0.4 is 14.8 Å². The number of nitrogens with one attached hydrogen (secondary N) is 1.